The maximum absolute atomic E-state index is 9.89. The van der Waals surface area contributed by atoms with Crippen LogP contribution in [0.15, 0.2) is 12.2 Å². The van der Waals surface area contributed by atoms with Crippen LogP contribution in [0.2, 0.25) is 0 Å². The van der Waals surface area contributed by atoms with Gasteiger partial charge >= 0.3 is 5.97 Å². The van der Waals surface area contributed by atoms with Crippen LogP contribution >= 0.6 is 25.3 Å². The smallest absolute Gasteiger partial charge is 0.328 e. The van der Waals surface area contributed by atoms with Crippen LogP contribution in [0.3, 0.4) is 0 Å². The van der Waals surface area contributed by atoms with E-state index in [0.717, 1.165) is 6.08 Å². The second-order valence-corrected chi connectivity index (χ2v) is 3.98. The van der Waals surface area contributed by atoms with Crippen molar-refractivity contribution in [3.05, 3.63) is 12.2 Å². The Morgan fingerprint density at radius 2 is 2.11 bits per heavy atom. The number of carboxylic acids is 1. The van der Waals surface area contributed by atoms with Crippen LogP contribution < -0.4 is 0 Å². The molecule has 0 aliphatic heterocycles. The fraction of sp³-hybridized carbons (Fsp3) is 0.400. The van der Waals surface area contributed by atoms with Crippen LogP contribution in [0, 0.1) is 0 Å². The van der Waals surface area contributed by atoms with Gasteiger partial charge in [-0.25, -0.2) is 4.79 Å². The predicted molar refractivity (Wildman–Crippen MR) is 43.2 cm³/mol. The standard InChI is InChI=1S/C5H8O2S2/c1-5(8,9)3-2-4(6)7/h2-3,8-9H,1H3,(H,6,7)/b3-2+. The summed E-state index contributed by atoms with van der Waals surface area (Å²) in [6.07, 6.45) is 2.40. The Hall–Kier alpha value is -0.0900. The zero-order valence-electron chi connectivity index (χ0n) is 4.90. The summed E-state index contributed by atoms with van der Waals surface area (Å²) in [5.41, 5.74) is 0. The largest absolute Gasteiger partial charge is 0.478 e. The highest BCUT2D eigenvalue weighted by Gasteiger charge is 2.06. The third-order valence-electron chi connectivity index (χ3n) is 0.542. The molecule has 0 heterocycles. The molecule has 0 fully saturated rings. The molecule has 0 saturated carbocycles. The fourth-order valence-corrected chi connectivity index (χ4v) is 0.378. The minimum absolute atomic E-state index is 0.640. The number of hydrogen-bond donors (Lipinski definition) is 3. The first kappa shape index (κ1) is 8.91. The van der Waals surface area contributed by atoms with E-state index in [-0.39, 0.29) is 0 Å². The second-order valence-electron chi connectivity index (χ2n) is 1.77. The van der Waals surface area contributed by atoms with Gasteiger partial charge in [0.1, 0.15) is 0 Å². The Bertz CT molecular complexity index is 134. The zero-order chi connectivity index (χ0) is 7.49. The molecule has 0 spiro atoms. The molecule has 2 nitrogen and oxygen atoms in total. The number of aliphatic carboxylic acids is 1. The summed E-state index contributed by atoms with van der Waals surface area (Å²) in [4.78, 5) is 9.89. The summed E-state index contributed by atoms with van der Waals surface area (Å²) in [5.74, 6) is -0.982. The Balaban J connectivity index is 3.86. The van der Waals surface area contributed by atoms with Gasteiger partial charge in [-0.2, -0.15) is 25.3 Å². The third-order valence-corrected chi connectivity index (χ3v) is 0.840. The second kappa shape index (κ2) is 3.17. The maximum Gasteiger partial charge on any atom is 0.328 e. The Morgan fingerprint density at radius 3 is 2.22 bits per heavy atom. The van der Waals surface area contributed by atoms with Gasteiger partial charge in [0.25, 0.3) is 0 Å². The van der Waals surface area contributed by atoms with Crippen molar-refractivity contribution in [3.8, 4) is 0 Å². The van der Waals surface area contributed by atoms with E-state index < -0.39 is 10.0 Å². The molecule has 0 aromatic carbocycles. The fourth-order valence-electron chi connectivity index (χ4n) is 0.229. The molecule has 0 aromatic rings. The van der Waals surface area contributed by atoms with Crippen molar-refractivity contribution in [1.29, 1.82) is 0 Å². The lowest BCUT2D eigenvalue weighted by Gasteiger charge is -2.07. The average molecular weight is 164 g/mol. The summed E-state index contributed by atoms with van der Waals surface area (Å²) in [6, 6.07) is 0. The molecule has 1 N–H and O–H groups in total. The highest BCUT2D eigenvalue weighted by atomic mass is 32.2. The first-order chi connectivity index (χ1) is 3.92. The number of carbonyl (C=O) groups is 1. The Labute approximate surface area is 64.8 Å². The van der Waals surface area contributed by atoms with Crippen LogP contribution in [-0.2, 0) is 4.79 Å². The van der Waals surface area contributed by atoms with Gasteiger partial charge < -0.3 is 5.11 Å². The molecule has 0 bridgehead atoms. The monoisotopic (exact) mass is 164 g/mol. The third kappa shape index (κ3) is 7.91. The van der Waals surface area contributed by atoms with Gasteiger partial charge in [-0.3, -0.25) is 0 Å². The number of carboxylic acid groups (broad SMARTS) is 1. The maximum atomic E-state index is 9.89. The van der Waals surface area contributed by atoms with Crippen LogP contribution in [0.4, 0.5) is 0 Å². The average Bonchev–Trinajstić information content (AvgIpc) is 1.59. The van der Waals surface area contributed by atoms with Gasteiger partial charge in [0.05, 0.1) is 4.08 Å². The molecule has 0 aromatic heterocycles. The van der Waals surface area contributed by atoms with E-state index >= 15 is 0 Å². The molecule has 0 radical (unpaired) electrons. The molecular formula is C5H8O2S2. The van der Waals surface area contributed by atoms with E-state index in [0.29, 0.717) is 0 Å². The van der Waals surface area contributed by atoms with Crippen molar-refractivity contribution in [1.82, 2.24) is 0 Å². The first-order valence-electron chi connectivity index (χ1n) is 2.29. The molecule has 0 amide bonds. The molecule has 0 aliphatic rings. The molecule has 9 heavy (non-hydrogen) atoms. The Kier molecular flexibility index (Phi) is 3.14. The minimum atomic E-state index is -0.982. The molecule has 0 rings (SSSR count). The lowest BCUT2D eigenvalue weighted by atomic mass is 10.4. The summed E-state index contributed by atoms with van der Waals surface area (Å²) < 4.78 is -0.640. The van der Waals surface area contributed by atoms with Gasteiger partial charge in [-0.05, 0) is 6.92 Å². The highest BCUT2D eigenvalue weighted by Crippen LogP contribution is 2.18. The Morgan fingerprint density at radius 1 is 1.67 bits per heavy atom. The van der Waals surface area contributed by atoms with E-state index in [2.05, 4.69) is 25.3 Å². The van der Waals surface area contributed by atoms with Crippen LogP contribution in [0.1, 0.15) is 6.92 Å². The lowest BCUT2D eigenvalue weighted by Crippen LogP contribution is -2.01. The van der Waals surface area contributed by atoms with Gasteiger partial charge in [-0.1, -0.05) is 6.08 Å². The molecule has 52 valence electrons. The van der Waals surface area contributed by atoms with Crippen LogP contribution in [-0.4, -0.2) is 15.2 Å². The number of thiol groups is 2. The van der Waals surface area contributed by atoms with E-state index in [1.807, 2.05) is 0 Å². The quantitative estimate of drug-likeness (QED) is 0.326. The molecule has 0 atom stereocenters. The van der Waals surface area contributed by atoms with Crippen molar-refractivity contribution in [2.45, 2.75) is 11.0 Å². The van der Waals surface area contributed by atoms with Gasteiger partial charge in [0.2, 0.25) is 0 Å². The van der Waals surface area contributed by atoms with Gasteiger partial charge in [0, 0.05) is 6.08 Å². The topological polar surface area (TPSA) is 37.3 Å². The van der Waals surface area contributed by atoms with Gasteiger partial charge in [-0.15, -0.1) is 0 Å². The minimum Gasteiger partial charge on any atom is -0.478 e. The summed E-state index contributed by atoms with van der Waals surface area (Å²) in [7, 11) is 0. The number of hydrogen-bond acceptors (Lipinski definition) is 3. The molecule has 0 aliphatic carbocycles. The van der Waals surface area contributed by atoms with Crippen molar-refractivity contribution in [2.75, 3.05) is 0 Å². The predicted octanol–water partition coefficient (Wildman–Crippen LogP) is 1.20. The molecule has 0 saturated heterocycles. The summed E-state index contributed by atoms with van der Waals surface area (Å²) >= 11 is 7.89. The number of rotatable bonds is 2. The van der Waals surface area contributed by atoms with E-state index in [1.54, 1.807) is 6.92 Å². The van der Waals surface area contributed by atoms with Crippen LogP contribution in [0.5, 0.6) is 0 Å². The molecule has 4 heteroatoms. The van der Waals surface area contributed by atoms with Crippen molar-refractivity contribution < 1.29 is 9.90 Å². The van der Waals surface area contributed by atoms with Crippen molar-refractivity contribution >= 4 is 31.2 Å². The van der Waals surface area contributed by atoms with Crippen LogP contribution in [0.25, 0.3) is 0 Å². The first-order valence-corrected chi connectivity index (χ1v) is 3.18. The molecular weight excluding hydrogens is 156 g/mol. The van der Waals surface area contributed by atoms with Gasteiger partial charge in [0.15, 0.2) is 0 Å². The normalized spacial score (nSPS) is 12.3. The highest BCUT2D eigenvalue weighted by molar-refractivity contribution is 8.00. The van der Waals surface area contributed by atoms with E-state index in [4.69, 9.17) is 5.11 Å². The van der Waals surface area contributed by atoms with Crippen molar-refractivity contribution in [3.63, 3.8) is 0 Å². The molecule has 0 unspecified atom stereocenters. The summed E-state index contributed by atoms with van der Waals surface area (Å²) in [6.45, 7) is 1.68. The SMILES string of the molecule is CC(S)(S)/C=C/C(=O)O. The lowest BCUT2D eigenvalue weighted by molar-refractivity contribution is -0.131. The van der Waals surface area contributed by atoms with E-state index in [1.165, 1.54) is 6.08 Å². The van der Waals surface area contributed by atoms with Crippen molar-refractivity contribution in [2.24, 2.45) is 0 Å². The zero-order valence-corrected chi connectivity index (χ0v) is 6.69. The summed E-state index contributed by atoms with van der Waals surface area (Å²) in [5, 5.41) is 8.12. The van der Waals surface area contributed by atoms with E-state index in [9.17, 15) is 4.79 Å².